The van der Waals surface area contributed by atoms with Gasteiger partial charge in [0, 0.05) is 29.5 Å². The van der Waals surface area contributed by atoms with E-state index >= 15 is 0 Å². The lowest BCUT2D eigenvalue weighted by molar-refractivity contribution is 0.339. The van der Waals surface area contributed by atoms with Gasteiger partial charge in [0.15, 0.2) is 0 Å². The molecule has 6 heteroatoms. The second-order valence-electron chi connectivity index (χ2n) is 7.70. The van der Waals surface area contributed by atoms with Gasteiger partial charge in [0.05, 0.1) is 5.69 Å². The molecule has 0 bridgehead atoms. The Hall–Kier alpha value is -1.92. The van der Waals surface area contributed by atoms with Crippen LogP contribution in [0.1, 0.15) is 44.7 Å². The maximum atomic E-state index is 13.3. The molecule has 1 unspecified atom stereocenters. The topological polar surface area (TPSA) is 52.0 Å². The maximum Gasteiger partial charge on any atom is 0.269 e. The molecule has 0 radical (unpaired) electrons. The number of hydrogen-bond donors (Lipinski definition) is 0. The Labute approximate surface area is 159 Å². The van der Waals surface area contributed by atoms with E-state index in [-0.39, 0.29) is 16.2 Å². The number of pyridine rings is 1. The van der Waals surface area contributed by atoms with Crippen LogP contribution in [0.25, 0.3) is 11.3 Å². The Kier molecular flexibility index (Phi) is 4.84. The molecule has 3 aromatic heterocycles. The first-order valence-electron chi connectivity index (χ1n) is 8.53. The van der Waals surface area contributed by atoms with Gasteiger partial charge in [-0.3, -0.25) is 4.98 Å². The van der Waals surface area contributed by atoms with Crippen molar-refractivity contribution in [1.82, 2.24) is 8.96 Å². The summed E-state index contributed by atoms with van der Waals surface area (Å²) in [6.45, 7) is 10.6. The third kappa shape index (κ3) is 3.35. The Bertz CT molecular complexity index is 1010. The minimum atomic E-state index is -3.71. The molecule has 138 valence electrons. The van der Waals surface area contributed by atoms with Crippen molar-refractivity contribution < 1.29 is 8.42 Å². The molecule has 0 saturated carbocycles. The number of thiophene rings is 1. The Balaban J connectivity index is 2.24. The number of nitrogens with zero attached hydrogens (tertiary/aromatic N) is 2. The predicted octanol–water partition coefficient (Wildman–Crippen LogP) is 5.31. The number of hydrogen-bond acceptors (Lipinski definition) is 4. The normalized spacial score (nSPS) is 13.7. The van der Waals surface area contributed by atoms with E-state index in [4.69, 9.17) is 0 Å². The zero-order valence-electron chi connectivity index (χ0n) is 15.7. The molecule has 3 rings (SSSR count). The molecular weight excluding hydrogens is 364 g/mol. The van der Waals surface area contributed by atoms with E-state index in [0.29, 0.717) is 5.69 Å². The molecule has 0 aliphatic rings. The molecule has 0 aromatic carbocycles. The number of aromatic nitrogens is 2. The fourth-order valence-electron chi connectivity index (χ4n) is 2.83. The fraction of sp³-hybridized carbons (Fsp3) is 0.350. The first-order valence-corrected chi connectivity index (χ1v) is 10.9. The summed E-state index contributed by atoms with van der Waals surface area (Å²) < 4.78 is 28.0. The van der Waals surface area contributed by atoms with Crippen molar-refractivity contribution in [3.63, 3.8) is 0 Å². The lowest BCUT2D eigenvalue weighted by Gasteiger charge is -2.26. The van der Waals surface area contributed by atoms with Crippen molar-refractivity contribution in [2.75, 3.05) is 0 Å². The van der Waals surface area contributed by atoms with Gasteiger partial charge in [0.2, 0.25) is 0 Å². The Morgan fingerprint density at radius 3 is 2.50 bits per heavy atom. The Morgan fingerprint density at radius 1 is 1.23 bits per heavy atom. The van der Waals surface area contributed by atoms with Crippen LogP contribution >= 0.6 is 11.3 Å². The average Bonchev–Trinajstić information content (AvgIpc) is 3.20. The van der Waals surface area contributed by atoms with E-state index in [0.717, 1.165) is 16.7 Å². The van der Waals surface area contributed by atoms with Crippen LogP contribution in [0.15, 0.2) is 52.4 Å². The molecule has 1 atom stereocenters. The molecular formula is C20H24N2O2S2. The number of aryl methyl sites for hydroxylation is 1. The minimum absolute atomic E-state index is 0.0329. The summed E-state index contributed by atoms with van der Waals surface area (Å²) in [5.74, 6) is 0.213. The highest BCUT2D eigenvalue weighted by Gasteiger charge is 2.28. The van der Waals surface area contributed by atoms with E-state index in [2.05, 4.69) is 32.7 Å². The van der Waals surface area contributed by atoms with Crippen molar-refractivity contribution in [3.8, 4) is 11.3 Å². The average molecular weight is 389 g/mol. The van der Waals surface area contributed by atoms with E-state index < -0.39 is 10.0 Å². The molecule has 0 N–H and O–H groups in total. The largest absolute Gasteiger partial charge is 0.269 e. The summed E-state index contributed by atoms with van der Waals surface area (Å²) in [4.78, 5) is 4.17. The highest BCUT2D eigenvalue weighted by molar-refractivity contribution is 7.90. The van der Waals surface area contributed by atoms with Crippen LogP contribution < -0.4 is 0 Å². The second-order valence-corrected chi connectivity index (χ2v) is 10.3. The second kappa shape index (κ2) is 6.67. The quantitative estimate of drug-likeness (QED) is 0.609. The van der Waals surface area contributed by atoms with Gasteiger partial charge in [-0.25, -0.2) is 12.4 Å². The molecule has 0 fully saturated rings. The van der Waals surface area contributed by atoms with Gasteiger partial charge in [-0.1, -0.05) is 27.7 Å². The smallest absolute Gasteiger partial charge is 0.263 e. The summed E-state index contributed by atoms with van der Waals surface area (Å²) in [6.07, 6.45) is 4.74. The van der Waals surface area contributed by atoms with E-state index in [1.807, 2.05) is 23.8 Å². The molecule has 0 spiro atoms. The predicted molar refractivity (Wildman–Crippen MR) is 107 cm³/mol. The fourth-order valence-corrected chi connectivity index (χ4v) is 5.02. The van der Waals surface area contributed by atoms with Gasteiger partial charge in [0.1, 0.15) is 4.90 Å². The lowest BCUT2D eigenvalue weighted by Crippen LogP contribution is -2.16. The van der Waals surface area contributed by atoms with E-state index in [9.17, 15) is 8.42 Å². The van der Waals surface area contributed by atoms with Gasteiger partial charge in [-0.15, -0.1) is 0 Å². The van der Waals surface area contributed by atoms with Crippen molar-refractivity contribution >= 4 is 21.4 Å². The first-order chi connectivity index (χ1) is 12.1. The van der Waals surface area contributed by atoms with Crippen molar-refractivity contribution in [3.05, 3.63) is 58.7 Å². The molecule has 0 aliphatic heterocycles. The van der Waals surface area contributed by atoms with Crippen LogP contribution in [0.5, 0.6) is 0 Å². The monoisotopic (exact) mass is 388 g/mol. The van der Waals surface area contributed by atoms with Crippen LogP contribution in [-0.2, 0) is 10.0 Å². The third-order valence-corrected chi connectivity index (χ3v) is 7.45. The molecule has 0 amide bonds. The molecule has 0 saturated heterocycles. The maximum absolute atomic E-state index is 13.3. The van der Waals surface area contributed by atoms with Crippen LogP contribution in [0.4, 0.5) is 0 Å². The lowest BCUT2D eigenvalue weighted by atomic mass is 9.78. The van der Waals surface area contributed by atoms with Gasteiger partial charge >= 0.3 is 0 Å². The van der Waals surface area contributed by atoms with Crippen LogP contribution in [0.2, 0.25) is 0 Å². The van der Waals surface area contributed by atoms with Crippen LogP contribution in [-0.4, -0.2) is 17.4 Å². The molecule has 3 aromatic rings. The van der Waals surface area contributed by atoms with Gasteiger partial charge < -0.3 is 0 Å². The number of rotatable bonds is 4. The first kappa shape index (κ1) is 18.9. The van der Waals surface area contributed by atoms with E-state index in [1.54, 1.807) is 35.9 Å². The van der Waals surface area contributed by atoms with Gasteiger partial charge in [-0.05, 0) is 53.0 Å². The highest BCUT2D eigenvalue weighted by Crippen LogP contribution is 2.39. The van der Waals surface area contributed by atoms with Crippen molar-refractivity contribution in [2.45, 2.75) is 45.4 Å². The summed E-state index contributed by atoms with van der Waals surface area (Å²) in [6, 6.07) is 5.24. The van der Waals surface area contributed by atoms with Crippen LogP contribution in [0.3, 0.4) is 0 Å². The van der Waals surface area contributed by atoms with Crippen molar-refractivity contribution in [2.24, 2.45) is 5.41 Å². The van der Waals surface area contributed by atoms with Gasteiger partial charge in [-0.2, -0.15) is 11.3 Å². The summed E-state index contributed by atoms with van der Waals surface area (Å²) >= 11 is 1.58. The third-order valence-electron chi connectivity index (χ3n) is 4.93. The minimum Gasteiger partial charge on any atom is -0.263 e. The molecule has 0 aliphatic carbocycles. The summed E-state index contributed by atoms with van der Waals surface area (Å²) in [5, 5.41) is 4.04. The zero-order valence-corrected chi connectivity index (χ0v) is 17.4. The highest BCUT2D eigenvalue weighted by atomic mass is 32.2. The zero-order chi connectivity index (χ0) is 19.1. The summed E-state index contributed by atoms with van der Waals surface area (Å²) in [5.41, 5.74) is 3.79. The van der Waals surface area contributed by atoms with Crippen LogP contribution in [0, 0.1) is 12.3 Å². The van der Waals surface area contributed by atoms with Crippen molar-refractivity contribution in [1.29, 1.82) is 0 Å². The summed E-state index contributed by atoms with van der Waals surface area (Å²) in [7, 11) is -3.71. The van der Waals surface area contributed by atoms with Gasteiger partial charge in [0.25, 0.3) is 10.0 Å². The SMILES string of the molecule is Cc1cscc1-c1cc(C(C)C(C)(C)C)cn1S(=O)(=O)c1cccnc1. The molecule has 4 nitrogen and oxygen atoms in total. The molecule has 26 heavy (non-hydrogen) atoms. The Morgan fingerprint density at radius 2 is 1.96 bits per heavy atom. The van der Waals surface area contributed by atoms with E-state index in [1.165, 1.54) is 10.2 Å². The standard InChI is InChI=1S/C20H24N2O2S2/c1-14-12-25-13-18(14)19-9-16(15(2)20(3,4)5)11-22(19)26(23,24)17-7-6-8-21-10-17/h6-13,15H,1-5H3. The molecule has 3 heterocycles.